The van der Waals surface area contributed by atoms with E-state index in [0.717, 1.165) is 88.8 Å². The van der Waals surface area contributed by atoms with Crippen LogP contribution in [0.25, 0.3) is 0 Å². The zero-order chi connectivity index (χ0) is 32.4. The maximum Gasteiger partial charge on any atom is 0.421 e. The maximum absolute atomic E-state index is 13.8. The van der Waals surface area contributed by atoms with Crippen molar-refractivity contribution in [3.63, 3.8) is 0 Å². The number of hydrogen-bond donors (Lipinski definition) is 2. The molecule has 250 valence electrons. The van der Waals surface area contributed by atoms with Gasteiger partial charge in [0.15, 0.2) is 0 Å². The first-order chi connectivity index (χ1) is 21.6. The average Bonchev–Trinajstić information content (AvgIpc) is 3.03. The Hall–Kier alpha value is -3.12. The molecule has 0 spiro atoms. The number of nitrogens with zero attached hydrogens (tertiary/aromatic N) is 6. The minimum absolute atomic E-state index is 0.0803. The van der Waals surface area contributed by atoms with Crippen molar-refractivity contribution in [2.45, 2.75) is 77.9 Å². The molecule has 2 saturated heterocycles. The molecule has 4 rings (SSSR count). The summed E-state index contributed by atoms with van der Waals surface area (Å²) in [6.45, 7) is 14.0. The summed E-state index contributed by atoms with van der Waals surface area (Å²) in [6, 6.07) is 6.86. The van der Waals surface area contributed by atoms with Crippen LogP contribution in [0.1, 0.15) is 70.4 Å². The van der Waals surface area contributed by atoms with E-state index in [2.05, 4.69) is 61.4 Å². The summed E-state index contributed by atoms with van der Waals surface area (Å²) in [5.74, 6) is -0.0803. The third-order valence-corrected chi connectivity index (χ3v) is 8.90. The van der Waals surface area contributed by atoms with Gasteiger partial charge in [-0.05, 0) is 69.3 Å². The number of anilines is 4. The van der Waals surface area contributed by atoms with Crippen molar-refractivity contribution < 1.29 is 18.0 Å². The zero-order valence-corrected chi connectivity index (χ0v) is 27.4. The monoisotopic (exact) mass is 632 g/mol. The van der Waals surface area contributed by atoms with E-state index in [1.165, 1.54) is 5.69 Å². The van der Waals surface area contributed by atoms with Gasteiger partial charge in [0.2, 0.25) is 11.9 Å². The van der Waals surface area contributed by atoms with Crippen molar-refractivity contribution in [3.8, 4) is 0 Å². The number of amides is 1. The van der Waals surface area contributed by atoms with Crippen LogP contribution in [0.2, 0.25) is 0 Å². The van der Waals surface area contributed by atoms with Gasteiger partial charge >= 0.3 is 6.18 Å². The third-order valence-electron chi connectivity index (χ3n) is 8.90. The standard InChI is InChI=1S/C33H51F3N8O/c1-5-9-30(45)44(15-6-2)16-8-14-37-31-28(33(34,35)36)24-38-32(40-31)39-29-11-10-27(23-25(29)7-3)42-17-12-26(13-18-42)43-21-19-41(4)20-22-43/h10-11,23-24,26H,5-9,12-22H2,1-4H3,(H2,37,38,39,40). The largest absolute Gasteiger partial charge is 0.421 e. The van der Waals surface area contributed by atoms with E-state index in [1.54, 1.807) is 4.90 Å². The molecule has 2 aromatic rings. The van der Waals surface area contributed by atoms with Crippen molar-refractivity contribution in [1.29, 1.82) is 0 Å². The molecule has 0 aliphatic carbocycles. The lowest BCUT2D eigenvalue weighted by molar-refractivity contribution is -0.137. The van der Waals surface area contributed by atoms with Gasteiger partial charge in [-0.1, -0.05) is 20.8 Å². The number of nitrogens with one attached hydrogen (secondary N) is 2. The second kappa shape index (κ2) is 16.4. The van der Waals surface area contributed by atoms with Crippen LogP contribution in [-0.4, -0.2) is 103 Å². The van der Waals surface area contributed by atoms with Gasteiger partial charge in [0.1, 0.15) is 11.4 Å². The lowest BCUT2D eigenvalue weighted by Crippen LogP contribution is -2.52. The van der Waals surface area contributed by atoms with Crippen LogP contribution >= 0.6 is 0 Å². The van der Waals surface area contributed by atoms with Crippen LogP contribution in [-0.2, 0) is 17.4 Å². The summed E-state index contributed by atoms with van der Waals surface area (Å²) < 4.78 is 41.5. The highest BCUT2D eigenvalue weighted by atomic mass is 19.4. The van der Waals surface area contributed by atoms with Crippen LogP contribution in [0.4, 0.5) is 36.3 Å². The normalized spacial score (nSPS) is 17.0. The first-order valence-electron chi connectivity index (χ1n) is 16.7. The van der Waals surface area contributed by atoms with Gasteiger partial charge in [-0.2, -0.15) is 18.2 Å². The zero-order valence-electron chi connectivity index (χ0n) is 27.4. The van der Waals surface area contributed by atoms with Crippen molar-refractivity contribution >= 4 is 29.0 Å². The van der Waals surface area contributed by atoms with Crippen molar-refractivity contribution in [1.82, 2.24) is 24.7 Å². The number of carbonyl (C=O) groups excluding carboxylic acids is 1. The fourth-order valence-electron chi connectivity index (χ4n) is 6.25. The molecule has 1 aromatic heterocycles. The first-order valence-corrected chi connectivity index (χ1v) is 16.7. The molecule has 45 heavy (non-hydrogen) atoms. The molecule has 0 saturated carbocycles. The quantitative estimate of drug-likeness (QED) is 0.251. The maximum atomic E-state index is 13.8. The summed E-state index contributed by atoms with van der Waals surface area (Å²) in [7, 11) is 2.19. The topological polar surface area (TPSA) is 79.9 Å². The van der Waals surface area contributed by atoms with Crippen molar-refractivity contribution in [2.75, 3.05) is 81.5 Å². The van der Waals surface area contributed by atoms with E-state index >= 15 is 0 Å². The molecule has 2 fully saturated rings. The van der Waals surface area contributed by atoms with Crippen LogP contribution in [0.5, 0.6) is 0 Å². The number of alkyl halides is 3. The number of likely N-dealkylation sites (N-methyl/N-ethyl adjacent to an activating group) is 1. The summed E-state index contributed by atoms with van der Waals surface area (Å²) in [5, 5.41) is 6.03. The Morgan fingerprint density at radius 1 is 1.02 bits per heavy atom. The molecular weight excluding hydrogens is 581 g/mol. The number of piperazine rings is 1. The van der Waals surface area contributed by atoms with Crippen LogP contribution < -0.4 is 15.5 Å². The molecule has 0 radical (unpaired) electrons. The van der Waals surface area contributed by atoms with Gasteiger partial charge in [0.05, 0.1) is 0 Å². The number of hydrogen-bond acceptors (Lipinski definition) is 8. The van der Waals surface area contributed by atoms with Crippen molar-refractivity contribution in [3.05, 3.63) is 35.5 Å². The summed E-state index contributed by atoms with van der Waals surface area (Å²) in [4.78, 5) is 29.9. The number of benzene rings is 1. The van der Waals surface area contributed by atoms with Gasteiger partial charge in [0.25, 0.3) is 0 Å². The van der Waals surface area contributed by atoms with Gasteiger partial charge in [0, 0.05) is 88.9 Å². The molecule has 3 heterocycles. The third kappa shape index (κ3) is 9.68. The molecule has 2 aliphatic rings. The van der Waals surface area contributed by atoms with E-state index in [-0.39, 0.29) is 24.2 Å². The Morgan fingerprint density at radius 3 is 2.40 bits per heavy atom. The van der Waals surface area contributed by atoms with Gasteiger partial charge < -0.3 is 25.3 Å². The van der Waals surface area contributed by atoms with E-state index < -0.39 is 11.7 Å². The molecule has 0 atom stereocenters. The smallest absolute Gasteiger partial charge is 0.371 e. The molecule has 0 unspecified atom stereocenters. The predicted molar refractivity (Wildman–Crippen MR) is 175 cm³/mol. The number of piperidine rings is 1. The minimum atomic E-state index is -4.60. The fourth-order valence-corrected chi connectivity index (χ4v) is 6.25. The van der Waals surface area contributed by atoms with E-state index in [9.17, 15) is 18.0 Å². The van der Waals surface area contributed by atoms with Crippen LogP contribution in [0.15, 0.2) is 24.4 Å². The number of aromatic nitrogens is 2. The first kappa shape index (κ1) is 34.7. The summed E-state index contributed by atoms with van der Waals surface area (Å²) in [5.41, 5.74) is 2.09. The molecule has 2 aliphatic heterocycles. The van der Waals surface area contributed by atoms with Crippen molar-refractivity contribution in [2.24, 2.45) is 0 Å². The second-order valence-corrected chi connectivity index (χ2v) is 12.2. The highest BCUT2D eigenvalue weighted by Crippen LogP contribution is 2.35. The van der Waals surface area contributed by atoms with Gasteiger partial charge in [-0.25, -0.2) is 4.98 Å². The Morgan fingerprint density at radius 2 is 1.76 bits per heavy atom. The predicted octanol–water partition coefficient (Wildman–Crippen LogP) is 5.86. The minimum Gasteiger partial charge on any atom is -0.371 e. The molecule has 1 aromatic carbocycles. The Labute approximate surface area is 266 Å². The molecule has 0 bridgehead atoms. The fraction of sp³-hybridized carbons (Fsp3) is 0.667. The van der Waals surface area contributed by atoms with Gasteiger partial charge in [-0.15, -0.1) is 0 Å². The van der Waals surface area contributed by atoms with Crippen LogP contribution in [0, 0.1) is 0 Å². The molecule has 12 heteroatoms. The summed E-state index contributed by atoms with van der Waals surface area (Å²) >= 11 is 0. The Kier molecular flexibility index (Phi) is 12.7. The highest BCUT2D eigenvalue weighted by Gasteiger charge is 2.35. The van der Waals surface area contributed by atoms with Crippen LogP contribution in [0.3, 0.4) is 0 Å². The average molecular weight is 633 g/mol. The Balaban J connectivity index is 1.39. The SMILES string of the molecule is CCCC(=O)N(CCC)CCCNc1nc(Nc2ccc(N3CCC(N4CCN(C)CC4)CC3)cc2CC)ncc1C(F)(F)F. The van der Waals surface area contributed by atoms with E-state index in [0.29, 0.717) is 32.0 Å². The lowest BCUT2D eigenvalue weighted by atomic mass is 10.0. The highest BCUT2D eigenvalue weighted by molar-refractivity contribution is 5.76. The Bertz CT molecular complexity index is 1230. The summed E-state index contributed by atoms with van der Waals surface area (Å²) in [6.07, 6.45) is 1.86. The molecule has 2 N–H and O–H groups in total. The molecule has 1 amide bonds. The van der Waals surface area contributed by atoms with Gasteiger partial charge in [-0.3, -0.25) is 9.69 Å². The second-order valence-electron chi connectivity index (χ2n) is 12.2. The molecular formula is C33H51F3N8O. The van der Waals surface area contributed by atoms with E-state index in [4.69, 9.17) is 0 Å². The number of rotatable bonds is 14. The lowest BCUT2D eigenvalue weighted by Gasteiger charge is -2.42. The number of aryl methyl sites for hydroxylation is 1. The molecule has 9 nitrogen and oxygen atoms in total. The number of carbonyl (C=O) groups is 1. The number of halogens is 3. The van der Waals surface area contributed by atoms with E-state index in [1.807, 2.05) is 19.9 Å².